The van der Waals surface area contributed by atoms with Crippen LogP contribution in [0.2, 0.25) is 0 Å². The van der Waals surface area contributed by atoms with E-state index < -0.39 is 24.4 Å². The summed E-state index contributed by atoms with van der Waals surface area (Å²) in [6.45, 7) is -0.160. The Morgan fingerprint density at radius 2 is 1.84 bits per heavy atom. The van der Waals surface area contributed by atoms with Gasteiger partial charge in [0, 0.05) is 17.9 Å². The number of aliphatic hydroxyl groups excluding tert-OH is 3. The van der Waals surface area contributed by atoms with Gasteiger partial charge in [-0.2, -0.15) is 0 Å². The number of phenols is 1. The summed E-state index contributed by atoms with van der Waals surface area (Å²) in [7, 11) is 0. The van der Waals surface area contributed by atoms with E-state index in [1.54, 1.807) is 0 Å². The van der Waals surface area contributed by atoms with E-state index in [0.717, 1.165) is 0 Å². The van der Waals surface area contributed by atoms with Gasteiger partial charge in [-0.1, -0.05) is 0 Å². The predicted molar refractivity (Wildman–Crippen MR) is 64.5 cm³/mol. The van der Waals surface area contributed by atoms with E-state index in [1.165, 1.54) is 24.3 Å². The number of rotatable bonds is 3. The highest BCUT2D eigenvalue weighted by Crippen LogP contribution is 2.25. The molecule has 1 aliphatic rings. The molecular formula is C13H16O6. The van der Waals surface area contributed by atoms with Gasteiger partial charge >= 0.3 is 0 Å². The molecule has 6 nitrogen and oxygen atoms in total. The molecule has 0 radical (unpaired) electrons. The molecule has 0 aromatic heterocycles. The van der Waals surface area contributed by atoms with Crippen LogP contribution in [0.15, 0.2) is 24.3 Å². The van der Waals surface area contributed by atoms with Crippen molar-refractivity contribution in [3.05, 3.63) is 29.8 Å². The molecule has 1 aliphatic heterocycles. The number of ether oxygens (including phenoxy) is 1. The molecule has 1 heterocycles. The zero-order valence-corrected chi connectivity index (χ0v) is 10.1. The van der Waals surface area contributed by atoms with Crippen molar-refractivity contribution in [3.8, 4) is 5.75 Å². The number of Topliss-reactive ketones (excluding diaryl/α,β-unsaturated/α-hetero) is 1. The molecule has 19 heavy (non-hydrogen) atoms. The van der Waals surface area contributed by atoms with Crippen LogP contribution in [0, 0.1) is 5.92 Å². The maximum atomic E-state index is 12.0. The lowest BCUT2D eigenvalue weighted by atomic mass is 9.88. The Labute approximate surface area is 109 Å². The smallest absolute Gasteiger partial charge is 0.163 e. The highest BCUT2D eigenvalue weighted by molar-refractivity contribution is 5.96. The number of hydrogen-bond donors (Lipinski definition) is 4. The molecule has 0 amide bonds. The summed E-state index contributed by atoms with van der Waals surface area (Å²) in [4.78, 5) is 12.0. The third-order valence-corrected chi connectivity index (χ3v) is 3.25. The van der Waals surface area contributed by atoms with Crippen LogP contribution in [0.4, 0.5) is 0 Å². The van der Waals surface area contributed by atoms with E-state index in [2.05, 4.69) is 0 Å². The molecule has 1 saturated heterocycles. The second-order valence-corrected chi connectivity index (χ2v) is 4.62. The van der Waals surface area contributed by atoms with Gasteiger partial charge in [0.15, 0.2) is 12.1 Å². The molecule has 1 aromatic carbocycles. The van der Waals surface area contributed by atoms with Crippen LogP contribution in [0.25, 0.3) is 0 Å². The lowest BCUT2D eigenvalue weighted by molar-refractivity contribution is -0.229. The van der Waals surface area contributed by atoms with Gasteiger partial charge in [-0.3, -0.25) is 4.79 Å². The van der Waals surface area contributed by atoms with Crippen LogP contribution in [-0.2, 0) is 4.74 Å². The summed E-state index contributed by atoms with van der Waals surface area (Å²) in [5.74, 6) is -1.13. The summed E-state index contributed by atoms with van der Waals surface area (Å²) in [5.41, 5.74) is 0.359. The first-order chi connectivity index (χ1) is 8.99. The van der Waals surface area contributed by atoms with Crippen molar-refractivity contribution in [2.45, 2.75) is 24.9 Å². The summed E-state index contributed by atoms with van der Waals surface area (Å²) in [6, 6.07) is 5.67. The second kappa shape index (κ2) is 5.66. The van der Waals surface area contributed by atoms with Crippen LogP contribution >= 0.6 is 0 Å². The third kappa shape index (κ3) is 3.10. The van der Waals surface area contributed by atoms with Crippen molar-refractivity contribution in [1.82, 2.24) is 0 Å². The van der Waals surface area contributed by atoms with Crippen molar-refractivity contribution in [2.75, 3.05) is 6.61 Å². The number of benzene rings is 1. The first-order valence-corrected chi connectivity index (χ1v) is 5.97. The van der Waals surface area contributed by atoms with Gasteiger partial charge in [0.05, 0.1) is 12.7 Å². The Bertz CT molecular complexity index is 443. The topological polar surface area (TPSA) is 107 Å². The number of phenolic OH excluding ortho intramolecular Hbond substituents is 1. The van der Waals surface area contributed by atoms with E-state index in [1.807, 2.05) is 0 Å². The summed E-state index contributed by atoms with van der Waals surface area (Å²) in [6.07, 6.45) is -3.74. The second-order valence-electron chi connectivity index (χ2n) is 4.62. The molecule has 104 valence electrons. The van der Waals surface area contributed by atoms with Crippen LogP contribution in [0.1, 0.15) is 16.8 Å². The molecule has 0 spiro atoms. The Balaban J connectivity index is 2.07. The number of aromatic hydroxyl groups is 1. The number of ketones is 1. The molecule has 1 fully saturated rings. The summed E-state index contributed by atoms with van der Waals surface area (Å²) < 4.78 is 4.88. The van der Waals surface area contributed by atoms with Gasteiger partial charge in [0.2, 0.25) is 0 Å². The van der Waals surface area contributed by atoms with Crippen molar-refractivity contribution >= 4 is 5.78 Å². The van der Waals surface area contributed by atoms with Gasteiger partial charge < -0.3 is 25.2 Å². The highest BCUT2D eigenvalue weighted by atomic mass is 16.6. The van der Waals surface area contributed by atoms with E-state index in [9.17, 15) is 20.1 Å². The fourth-order valence-electron chi connectivity index (χ4n) is 2.07. The number of carbonyl (C=O) groups is 1. The number of carbonyl (C=O) groups excluding carboxylic acids is 1. The molecule has 4 atom stereocenters. The Morgan fingerprint density at radius 3 is 2.47 bits per heavy atom. The van der Waals surface area contributed by atoms with Crippen LogP contribution in [0.3, 0.4) is 0 Å². The molecule has 2 rings (SSSR count). The Morgan fingerprint density at radius 1 is 1.21 bits per heavy atom. The average molecular weight is 268 g/mol. The fourth-order valence-corrected chi connectivity index (χ4v) is 2.07. The van der Waals surface area contributed by atoms with Crippen LogP contribution < -0.4 is 0 Å². The van der Waals surface area contributed by atoms with E-state index in [4.69, 9.17) is 9.84 Å². The zero-order valence-electron chi connectivity index (χ0n) is 10.1. The number of hydrogen-bond acceptors (Lipinski definition) is 6. The Hall–Kier alpha value is -1.47. The number of aliphatic hydroxyl groups is 3. The first-order valence-electron chi connectivity index (χ1n) is 5.97. The molecule has 1 unspecified atom stereocenters. The monoisotopic (exact) mass is 268 g/mol. The van der Waals surface area contributed by atoms with Crippen molar-refractivity contribution < 1.29 is 30.0 Å². The minimum absolute atomic E-state index is 0.0491. The average Bonchev–Trinajstić information content (AvgIpc) is 2.40. The quantitative estimate of drug-likeness (QED) is 0.558. The summed E-state index contributed by atoms with van der Waals surface area (Å²) >= 11 is 0. The SMILES string of the molecule is O=C(C[C@H]1C(O)OC[C@H](O)[C@H]1O)c1ccc(O)cc1. The molecular weight excluding hydrogens is 252 g/mol. The van der Waals surface area contributed by atoms with Gasteiger partial charge in [0.25, 0.3) is 0 Å². The van der Waals surface area contributed by atoms with Gasteiger partial charge in [-0.05, 0) is 24.3 Å². The first kappa shape index (κ1) is 14.0. The van der Waals surface area contributed by atoms with Gasteiger partial charge in [-0.15, -0.1) is 0 Å². The van der Waals surface area contributed by atoms with Crippen LogP contribution in [-0.4, -0.2) is 51.3 Å². The standard InChI is InChI=1S/C13H16O6/c14-8-3-1-7(2-4-8)10(15)5-9-12(17)11(16)6-19-13(9)18/h1-4,9,11-14,16-18H,5-6H2/t9-,11+,12+,13?/m1/s1. The maximum absolute atomic E-state index is 12.0. The third-order valence-electron chi connectivity index (χ3n) is 3.25. The van der Waals surface area contributed by atoms with Crippen molar-refractivity contribution in [2.24, 2.45) is 5.92 Å². The molecule has 0 saturated carbocycles. The lowest BCUT2D eigenvalue weighted by Crippen LogP contribution is -2.49. The minimum atomic E-state index is -1.28. The molecule has 1 aromatic rings. The van der Waals surface area contributed by atoms with Crippen molar-refractivity contribution in [1.29, 1.82) is 0 Å². The molecule has 4 N–H and O–H groups in total. The fraction of sp³-hybridized carbons (Fsp3) is 0.462. The zero-order chi connectivity index (χ0) is 14.0. The normalized spacial score (nSPS) is 31.1. The van der Waals surface area contributed by atoms with E-state index in [0.29, 0.717) is 5.56 Å². The minimum Gasteiger partial charge on any atom is -0.508 e. The largest absolute Gasteiger partial charge is 0.508 e. The Kier molecular flexibility index (Phi) is 4.16. The van der Waals surface area contributed by atoms with Crippen molar-refractivity contribution in [3.63, 3.8) is 0 Å². The lowest BCUT2D eigenvalue weighted by Gasteiger charge is -2.35. The predicted octanol–water partition coefficient (Wildman–Crippen LogP) is -0.348. The van der Waals surface area contributed by atoms with Gasteiger partial charge in [0.1, 0.15) is 11.9 Å². The van der Waals surface area contributed by atoms with E-state index >= 15 is 0 Å². The van der Waals surface area contributed by atoms with E-state index in [-0.39, 0.29) is 24.6 Å². The highest BCUT2D eigenvalue weighted by Gasteiger charge is 2.38. The molecule has 6 heteroatoms. The van der Waals surface area contributed by atoms with Gasteiger partial charge in [-0.25, -0.2) is 0 Å². The molecule has 0 aliphatic carbocycles. The summed E-state index contributed by atoms with van der Waals surface area (Å²) in [5, 5.41) is 38.0. The molecule has 0 bridgehead atoms. The van der Waals surface area contributed by atoms with Crippen LogP contribution in [0.5, 0.6) is 5.75 Å². The maximum Gasteiger partial charge on any atom is 0.163 e.